The number of nitrogens with zero attached hydrogens (tertiary/aromatic N) is 1. The second kappa shape index (κ2) is 12.9. The van der Waals surface area contributed by atoms with Crippen LogP contribution in [0.5, 0.6) is 0 Å². The van der Waals surface area contributed by atoms with E-state index in [1.165, 1.54) is 0 Å². The molecule has 2 amide bonds. The van der Waals surface area contributed by atoms with Crippen molar-refractivity contribution in [1.82, 2.24) is 15.2 Å². The second-order valence-electron chi connectivity index (χ2n) is 12.9. The lowest BCUT2D eigenvalue weighted by molar-refractivity contribution is -0.194. The number of carboxylic acid groups (broad SMARTS) is 1. The van der Waals surface area contributed by atoms with Crippen molar-refractivity contribution in [2.75, 3.05) is 19.6 Å². The summed E-state index contributed by atoms with van der Waals surface area (Å²) in [6, 6.07) is 5.52. The van der Waals surface area contributed by atoms with Gasteiger partial charge in [-0.25, -0.2) is 9.59 Å². The van der Waals surface area contributed by atoms with Crippen LogP contribution in [-0.2, 0) is 14.3 Å². The fourth-order valence-electron chi connectivity index (χ4n) is 5.83. The van der Waals surface area contributed by atoms with E-state index in [2.05, 4.69) is 10.3 Å². The van der Waals surface area contributed by atoms with Crippen LogP contribution in [0.2, 0.25) is 0 Å². The van der Waals surface area contributed by atoms with Gasteiger partial charge >= 0.3 is 12.1 Å². The summed E-state index contributed by atoms with van der Waals surface area (Å²) in [6.07, 6.45) is 6.17. The minimum atomic E-state index is -1.39. The number of nitrogens with one attached hydrogen (secondary N) is 2. The summed E-state index contributed by atoms with van der Waals surface area (Å²) in [5.74, 6) is -1.12. The number of hydrogen-bond acceptors (Lipinski definition) is 6. The van der Waals surface area contributed by atoms with Crippen molar-refractivity contribution in [1.29, 1.82) is 0 Å². The van der Waals surface area contributed by atoms with Crippen LogP contribution in [0.15, 0.2) is 36.5 Å². The molecule has 0 spiro atoms. The van der Waals surface area contributed by atoms with Gasteiger partial charge in [-0.05, 0) is 82.6 Å². The monoisotopic (exact) mass is 583 g/mol. The highest BCUT2D eigenvalue weighted by Gasteiger charge is 2.46. The Kier molecular flexibility index (Phi) is 9.67. The quantitative estimate of drug-likeness (QED) is 0.311. The van der Waals surface area contributed by atoms with Crippen molar-refractivity contribution in [2.45, 2.75) is 90.1 Å². The molecule has 1 aromatic carbocycles. The maximum atomic E-state index is 12.8. The minimum absolute atomic E-state index is 0.0332. The van der Waals surface area contributed by atoms with Gasteiger partial charge in [0.25, 0.3) is 5.91 Å². The Balaban J connectivity index is 1.30. The molecule has 0 bridgehead atoms. The molecule has 0 aliphatic carbocycles. The van der Waals surface area contributed by atoms with Crippen molar-refractivity contribution >= 4 is 28.9 Å². The van der Waals surface area contributed by atoms with Crippen LogP contribution in [0, 0.1) is 18.8 Å². The third-order valence-corrected chi connectivity index (χ3v) is 8.26. The molecule has 0 saturated carbocycles. The van der Waals surface area contributed by atoms with E-state index in [-0.39, 0.29) is 43.2 Å². The summed E-state index contributed by atoms with van der Waals surface area (Å²) in [7, 11) is 0. The lowest BCUT2D eigenvalue weighted by Gasteiger charge is -2.41. The zero-order valence-electron chi connectivity index (χ0n) is 25.3. The summed E-state index contributed by atoms with van der Waals surface area (Å²) in [4.78, 5) is 42.4. The predicted octanol–water partition coefficient (Wildman–Crippen LogP) is 4.80. The molecular weight excluding hydrogens is 538 g/mol. The van der Waals surface area contributed by atoms with Crippen LogP contribution in [0.25, 0.3) is 10.9 Å². The Hall–Kier alpha value is -3.37. The fourth-order valence-corrected chi connectivity index (χ4v) is 5.83. The number of carbonyl (C=O) groups is 3. The zero-order valence-corrected chi connectivity index (χ0v) is 25.3. The highest BCUT2D eigenvalue weighted by atomic mass is 16.6. The van der Waals surface area contributed by atoms with Crippen molar-refractivity contribution < 1.29 is 34.1 Å². The molecule has 3 heterocycles. The van der Waals surface area contributed by atoms with E-state index in [4.69, 9.17) is 9.47 Å². The molecule has 230 valence electrons. The lowest BCUT2D eigenvalue weighted by Crippen LogP contribution is -2.51. The average molecular weight is 584 g/mol. The van der Waals surface area contributed by atoms with E-state index in [9.17, 15) is 24.6 Å². The van der Waals surface area contributed by atoms with E-state index in [0.717, 1.165) is 22.9 Å². The van der Waals surface area contributed by atoms with Gasteiger partial charge in [0.2, 0.25) is 0 Å². The Morgan fingerprint density at radius 1 is 1.29 bits per heavy atom. The maximum absolute atomic E-state index is 12.8. The van der Waals surface area contributed by atoms with Gasteiger partial charge in [0, 0.05) is 55.1 Å². The van der Waals surface area contributed by atoms with Crippen LogP contribution in [0.4, 0.5) is 4.79 Å². The van der Waals surface area contributed by atoms with E-state index >= 15 is 0 Å². The molecule has 2 fully saturated rings. The average Bonchev–Trinajstić information content (AvgIpc) is 3.58. The van der Waals surface area contributed by atoms with Gasteiger partial charge in [-0.1, -0.05) is 19.1 Å². The Labute approximate surface area is 247 Å². The van der Waals surface area contributed by atoms with E-state index in [1.54, 1.807) is 4.90 Å². The normalized spacial score (nSPS) is 25.6. The first-order valence-corrected chi connectivity index (χ1v) is 14.9. The van der Waals surface area contributed by atoms with Gasteiger partial charge in [0.05, 0.1) is 12.2 Å². The van der Waals surface area contributed by atoms with E-state index < -0.39 is 29.4 Å². The first-order chi connectivity index (χ1) is 19.8. The summed E-state index contributed by atoms with van der Waals surface area (Å²) in [6.45, 7) is 10.6. The number of aromatic nitrogens is 1. The van der Waals surface area contributed by atoms with E-state index in [1.807, 2.05) is 71.2 Å². The third kappa shape index (κ3) is 7.72. The van der Waals surface area contributed by atoms with Crippen molar-refractivity contribution in [3.63, 3.8) is 0 Å². The standard InChI is InChI=1S/C32H45N3O7/c1-20-8-12-32(29(38)39,11-6-7-22-10-14-35(19-22)30(40)42-31(3,4)5)41-26(20)17-25(36)18-34-28(37)24-15-21(2)27-23(16-24)9-13-33-27/h6-7,9,13,15-16,20,22,25-26,33,36H,8,10-12,14,17-19H2,1-5H3,(H,34,37)(H,38,39)/b7-6+/t20?,22?,25?,26-,32+/m0/s1. The number of carboxylic acids is 1. The fraction of sp³-hybridized carbons (Fsp3) is 0.594. The first kappa shape index (κ1) is 31.6. The number of benzene rings is 1. The number of amides is 2. The van der Waals surface area contributed by atoms with Crippen molar-refractivity contribution in [3.05, 3.63) is 47.7 Å². The maximum Gasteiger partial charge on any atom is 0.410 e. The largest absolute Gasteiger partial charge is 0.479 e. The molecule has 1 aromatic heterocycles. The van der Waals surface area contributed by atoms with Crippen LogP contribution in [0.1, 0.15) is 75.7 Å². The Bertz CT molecular complexity index is 1310. The van der Waals surface area contributed by atoms with Gasteiger partial charge in [-0.2, -0.15) is 0 Å². The molecule has 2 aliphatic heterocycles. The van der Waals surface area contributed by atoms with Crippen LogP contribution < -0.4 is 5.32 Å². The number of ether oxygens (including phenoxy) is 2. The molecule has 4 N–H and O–H groups in total. The number of H-pyrrole nitrogens is 1. The number of fused-ring (bicyclic) bond motifs is 1. The highest BCUT2D eigenvalue weighted by Crippen LogP contribution is 2.37. The zero-order chi connectivity index (χ0) is 30.7. The molecule has 2 aliphatic rings. The predicted molar refractivity (Wildman–Crippen MR) is 159 cm³/mol. The number of aliphatic hydroxyl groups excluding tert-OH is 1. The summed E-state index contributed by atoms with van der Waals surface area (Å²) >= 11 is 0. The Morgan fingerprint density at radius 3 is 2.76 bits per heavy atom. The second-order valence-corrected chi connectivity index (χ2v) is 12.9. The smallest absolute Gasteiger partial charge is 0.410 e. The van der Waals surface area contributed by atoms with Gasteiger partial charge < -0.3 is 34.9 Å². The molecule has 42 heavy (non-hydrogen) atoms. The van der Waals surface area contributed by atoms with Crippen molar-refractivity contribution in [3.8, 4) is 0 Å². The van der Waals surface area contributed by atoms with Crippen LogP contribution in [0.3, 0.4) is 0 Å². The number of rotatable bonds is 9. The number of aromatic amines is 1. The molecule has 2 aromatic rings. The van der Waals surface area contributed by atoms with Crippen LogP contribution in [-0.4, -0.2) is 81.1 Å². The number of aliphatic carboxylic acids is 1. The number of carbonyl (C=O) groups excluding carboxylic acids is 2. The van der Waals surface area contributed by atoms with Gasteiger partial charge in [-0.15, -0.1) is 0 Å². The molecule has 0 radical (unpaired) electrons. The molecule has 4 rings (SSSR count). The molecular formula is C32H45N3O7. The third-order valence-electron chi connectivity index (χ3n) is 8.26. The summed E-state index contributed by atoms with van der Waals surface area (Å²) in [5, 5.41) is 24.7. The number of likely N-dealkylation sites (tertiary alicyclic amines) is 1. The molecule has 5 atom stereocenters. The number of aryl methyl sites for hydroxylation is 1. The van der Waals surface area contributed by atoms with Crippen LogP contribution >= 0.6 is 0 Å². The topological polar surface area (TPSA) is 141 Å². The summed E-state index contributed by atoms with van der Waals surface area (Å²) in [5.41, 5.74) is 0.518. The Morgan fingerprint density at radius 2 is 2.05 bits per heavy atom. The van der Waals surface area contributed by atoms with E-state index in [0.29, 0.717) is 31.5 Å². The molecule has 2 saturated heterocycles. The van der Waals surface area contributed by atoms with Gasteiger partial charge in [0.15, 0.2) is 5.60 Å². The first-order valence-electron chi connectivity index (χ1n) is 14.9. The van der Waals surface area contributed by atoms with Gasteiger partial charge in [-0.3, -0.25) is 4.79 Å². The van der Waals surface area contributed by atoms with Gasteiger partial charge in [0.1, 0.15) is 5.60 Å². The molecule has 3 unspecified atom stereocenters. The van der Waals surface area contributed by atoms with Crippen molar-refractivity contribution in [2.24, 2.45) is 11.8 Å². The molecule has 10 nitrogen and oxygen atoms in total. The highest BCUT2D eigenvalue weighted by molar-refractivity contribution is 5.99. The molecule has 10 heteroatoms. The minimum Gasteiger partial charge on any atom is -0.479 e. The lowest BCUT2D eigenvalue weighted by atomic mass is 9.82. The number of hydrogen-bond donors (Lipinski definition) is 4. The SMILES string of the molecule is Cc1cc(C(=O)NCC(O)C[C@@H]2O[C@@](C/C=C/C3CCN(C(=O)OC(C)(C)C)C3)(C(=O)O)CCC2C)cc2cc[nH]c12. The number of aliphatic hydroxyl groups is 1. The summed E-state index contributed by atoms with van der Waals surface area (Å²) < 4.78 is 11.7.